The molecule has 0 bridgehead atoms. The van der Waals surface area contributed by atoms with Crippen LogP contribution in [0.5, 0.6) is 0 Å². The number of aldehydes is 1. The topological polar surface area (TPSA) is 37.3 Å². The van der Waals surface area contributed by atoms with Gasteiger partial charge in [-0.3, -0.25) is 0 Å². The van der Waals surface area contributed by atoms with Gasteiger partial charge in [-0.1, -0.05) is 19.9 Å². The van der Waals surface area contributed by atoms with Gasteiger partial charge in [-0.2, -0.15) is 0 Å². The predicted molar refractivity (Wildman–Crippen MR) is 40.7 cm³/mol. The minimum absolute atomic E-state index is 0.464. The van der Waals surface area contributed by atoms with Crippen molar-refractivity contribution in [1.29, 1.82) is 0 Å². The molecule has 1 atom stereocenters. The van der Waals surface area contributed by atoms with E-state index in [4.69, 9.17) is 0 Å². The van der Waals surface area contributed by atoms with Crippen LogP contribution in [0.25, 0.3) is 0 Å². The second kappa shape index (κ2) is 3.52. The predicted octanol–water partition coefficient (Wildman–Crippen LogP) is 1.15. The van der Waals surface area contributed by atoms with Crippen molar-refractivity contribution in [3.63, 3.8) is 0 Å². The van der Waals surface area contributed by atoms with Gasteiger partial charge in [0.15, 0.2) is 0 Å². The third-order valence-corrected chi connectivity index (χ3v) is 1.55. The average Bonchev–Trinajstić information content (AvgIpc) is 1.89. The van der Waals surface area contributed by atoms with E-state index in [1.807, 2.05) is 0 Å². The molecule has 58 valence electrons. The van der Waals surface area contributed by atoms with Crippen molar-refractivity contribution in [1.82, 2.24) is 0 Å². The van der Waals surface area contributed by atoms with Crippen LogP contribution in [0, 0.1) is 5.41 Å². The highest BCUT2D eigenvalue weighted by Gasteiger charge is 2.25. The highest BCUT2D eigenvalue weighted by Crippen LogP contribution is 2.19. The minimum Gasteiger partial charge on any atom is -0.392 e. The lowest BCUT2D eigenvalue weighted by molar-refractivity contribution is -0.119. The number of aliphatic hydroxyl groups is 1. The van der Waals surface area contributed by atoms with Crippen molar-refractivity contribution in [3.05, 3.63) is 12.7 Å². The fourth-order valence-corrected chi connectivity index (χ4v) is 0.540. The molecule has 0 aliphatic heterocycles. The number of rotatable bonds is 4. The van der Waals surface area contributed by atoms with Crippen LogP contribution in [0.15, 0.2) is 12.7 Å². The number of aliphatic hydroxyl groups excluding tert-OH is 1. The molecular weight excluding hydrogens is 128 g/mol. The molecule has 0 aliphatic carbocycles. The second-order valence-electron chi connectivity index (χ2n) is 2.98. The molecule has 0 spiro atoms. The number of hydrogen-bond donors (Lipinski definition) is 1. The molecule has 2 heteroatoms. The Balaban J connectivity index is 4.02. The third kappa shape index (κ3) is 2.31. The fraction of sp³-hybridized carbons (Fsp3) is 0.625. The van der Waals surface area contributed by atoms with Gasteiger partial charge in [0.2, 0.25) is 0 Å². The standard InChI is InChI=1S/C8H14O2/c1-4-5-7(10)8(2,3)6-9/h4,6-7,10H,1,5H2,2-3H3. The van der Waals surface area contributed by atoms with Crippen molar-refractivity contribution in [2.45, 2.75) is 26.4 Å². The lowest BCUT2D eigenvalue weighted by Gasteiger charge is -2.22. The Morgan fingerprint density at radius 1 is 1.70 bits per heavy atom. The van der Waals surface area contributed by atoms with Gasteiger partial charge in [-0.05, 0) is 6.42 Å². The molecule has 1 unspecified atom stereocenters. The van der Waals surface area contributed by atoms with E-state index in [-0.39, 0.29) is 0 Å². The van der Waals surface area contributed by atoms with Crippen LogP contribution in [0.4, 0.5) is 0 Å². The van der Waals surface area contributed by atoms with Gasteiger partial charge >= 0.3 is 0 Å². The van der Waals surface area contributed by atoms with E-state index in [0.29, 0.717) is 6.42 Å². The van der Waals surface area contributed by atoms with Crippen molar-refractivity contribution in [3.8, 4) is 0 Å². The molecule has 0 heterocycles. The van der Waals surface area contributed by atoms with Gasteiger partial charge in [0.05, 0.1) is 6.10 Å². The quantitative estimate of drug-likeness (QED) is 0.472. The molecule has 0 saturated carbocycles. The monoisotopic (exact) mass is 142 g/mol. The maximum absolute atomic E-state index is 10.3. The maximum Gasteiger partial charge on any atom is 0.128 e. The largest absolute Gasteiger partial charge is 0.392 e. The molecule has 0 aliphatic rings. The number of carbonyl (C=O) groups is 1. The van der Waals surface area contributed by atoms with Crippen molar-refractivity contribution in [2.24, 2.45) is 5.41 Å². The molecule has 0 saturated heterocycles. The third-order valence-electron chi connectivity index (χ3n) is 1.55. The molecule has 1 N–H and O–H groups in total. The smallest absolute Gasteiger partial charge is 0.128 e. The van der Waals surface area contributed by atoms with Gasteiger partial charge in [0.1, 0.15) is 6.29 Å². The summed E-state index contributed by atoms with van der Waals surface area (Å²) in [4.78, 5) is 10.3. The van der Waals surface area contributed by atoms with Crippen LogP contribution >= 0.6 is 0 Å². The highest BCUT2D eigenvalue weighted by molar-refractivity contribution is 5.58. The van der Waals surface area contributed by atoms with Crippen LogP contribution in [-0.4, -0.2) is 17.5 Å². The Hall–Kier alpha value is -0.630. The summed E-state index contributed by atoms with van der Waals surface area (Å²) in [6, 6.07) is 0. The average molecular weight is 142 g/mol. The molecule has 0 aromatic rings. The Morgan fingerprint density at radius 2 is 2.20 bits per heavy atom. The molecule has 0 radical (unpaired) electrons. The first-order valence-corrected chi connectivity index (χ1v) is 3.30. The van der Waals surface area contributed by atoms with E-state index in [1.54, 1.807) is 19.9 Å². The van der Waals surface area contributed by atoms with E-state index in [1.165, 1.54) is 0 Å². The van der Waals surface area contributed by atoms with Crippen molar-refractivity contribution >= 4 is 6.29 Å². The van der Waals surface area contributed by atoms with E-state index >= 15 is 0 Å². The van der Waals surface area contributed by atoms with Crippen LogP contribution in [0.1, 0.15) is 20.3 Å². The first-order valence-electron chi connectivity index (χ1n) is 3.30. The van der Waals surface area contributed by atoms with E-state index in [9.17, 15) is 9.90 Å². The molecule has 0 aromatic carbocycles. The molecule has 0 fully saturated rings. The normalized spacial score (nSPS) is 14.3. The van der Waals surface area contributed by atoms with Crippen molar-refractivity contribution < 1.29 is 9.90 Å². The lowest BCUT2D eigenvalue weighted by atomic mass is 9.87. The zero-order valence-corrected chi connectivity index (χ0v) is 6.50. The Bertz CT molecular complexity index is 127. The van der Waals surface area contributed by atoms with E-state index in [2.05, 4.69) is 6.58 Å². The Labute approximate surface area is 61.6 Å². The summed E-state index contributed by atoms with van der Waals surface area (Å²) >= 11 is 0. The van der Waals surface area contributed by atoms with E-state index in [0.717, 1.165) is 6.29 Å². The number of carbonyl (C=O) groups excluding carboxylic acids is 1. The van der Waals surface area contributed by atoms with Crippen LogP contribution in [0.3, 0.4) is 0 Å². The zero-order chi connectivity index (χ0) is 8.20. The number of hydrogen-bond acceptors (Lipinski definition) is 2. The summed E-state index contributed by atoms with van der Waals surface area (Å²) < 4.78 is 0. The first kappa shape index (κ1) is 9.37. The van der Waals surface area contributed by atoms with Crippen molar-refractivity contribution in [2.75, 3.05) is 0 Å². The first-order chi connectivity index (χ1) is 4.54. The van der Waals surface area contributed by atoms with E-state index < -0.39 is 11.5 Å². The minimum atomic E-state index is -0.645. The molecule has 2 nitrogen and oxygen atoms in total. The molecule has 0 rings (SSSR count). The zero-order valence-electron chi connectivity index (χ0n) is 6.50. The van der Waals surface area contributed by atoms with Gasteiger partial charge in [-0.15, -0.1) is 6.58 Å². The maximum atomic E-state index is 10.3. The van der Waals surface area contributed by atoms with Crippen LogP contribution in [0.2, 0.25) is 0 Å². The van der Waals surface area contributed by atoms with Gasteiger partial charge in [0, 0.05) is 5.41 Å². The second-order valence-corrected chi connectivity index (χ2v) is 2.98. The molecule has 0 amide bonds. The van der Waals surface area contributed by atoms with Gasteiger partial charge in [-0.25, -0.2) is 0 Å². The lowest BCUT2D eigenvalue weighted by Crippen LogP contribution is -2.29. The Morgan fingerprint density at radius 3 is 2.50 bits per heavy atom. The molecular formula is C8H14O2. The molecule has 10 heavy (non-hydrogen) atoms. The van der Waals surface area contributed by atoms with Crippen LogP contribution < -0.4 is 0 Å². The highest BCUT2D eigenvalue weighted by atomic mass is 16.3. The summed E-state index contributed by atoms with van der Waals surface area (Å²) in [7, 11) is 0. The summed E-state index contributed by atoms with van der Waals surface area (Å²) in [5, 5.41) is 9.27. The fourth-order valence-electron chi connectivity index (χ4n) is 0.540. The summed E-state index contributed by atoms with van der Waals surface area (Å²) in [6.07, 6.45) is 2.23. The SMILES string of the molecule is C=CCC(O)C(C)(C)C=O. The summed E-state index contributed by atoms with van der Waals surface area (Å²) in [5.74, 6) is 0. The van der Waals surface area contributed by atoms with Gasteiger partial charge < -0.3 is 9.90 Å². The Kier molecular flexibility index (Phi) is 3.30. The summed E-state index contributed by atoms with van der Waals surface area (Å²) in [5.41, 5.74) is -0.645. The van der Waals surface area contributed by atoms with Crippen LogP contribution in [-0.2, 0) is 4.79 Å². The molecule has 0 aromatic heterocycles. The summed E-state index contributed by atoms with van der Waals surface area (Å²) in [6.45, 7) is 6.88. The van der Waals surface area contributed by atoms with Gasteiger partial charge in [0.25, 0.3) is 0 Å².